The number of nitrogens with zero attached hydrogens (tertiary/aromatic N) is 1. The van der Waals surface area contributed by atoms with Crippen molar-refractivity contribution in [3.63, 3.8) is 0 Å². The molecule has 1 N–H and O–H groups in total. The van der Waals surface area contributed by atoms with Crippen molar-refractivity contribution < 1.29 is 9.59 Å². The minimum absolute atomic E-state index is 0.0782. The van der Waals surface area contributed by atoms with Crippen LogP contribution in [0.5, 0.6) is 0 Å². The van der Waals surface area contributed by atoms with E-state index in [1.807, 2.05) is 54.4 Å². The van der Waals surface area contributed by atoms with Crippen molar-refractivity contribution in [2.24, 2.45) is 0 Å². The number of thioether (sulfide) groups is 1. The molecule has 0 aromatic heterocycles. The van der Waals surface area contributed by atoms with Crippen molar-refractivity contribution in [1.82, 2.24) is 4.90 Å². The van der Waals surface area contributed by atoms with Gasteiger partial charge in [-0.1, -0.05) is 61.7 Å². The van der Waals surface area contributed by atoms with Gasteiger partial charge in [-0.15, -0.1) is 11.8 Å². The number of carbonyl (C=O) groups is 2. The SMILES string of the molecule is CN(C(=O)CSCC(=O)Nc1ccc(-c2ccccc2)cc1)C1CCCCC1. The Bertz CT molecular complexity index is 771. The van der Waals surface area contributed by atoms with Gasteiger partial charge in [0.15, 0.2) is 0 Å². The summed E-state index contributed by atoms with van der Waals surface area (Å²) in [7, 11) is 1.90. The number of nitrogens with one attached hydrogen (secondary N) is 1. The van der Waals surface area contributed by atoms with Gasteiger partial charge in [-0.05, 0) is 36.1 Å². The van der Waals surface area contributed by atoms with Crippen molar-refractivity contribution >= 4 is 29.3 Å². The van der Waals surface area contributed by atoms with Gasteiger partial charge in [-0.25, -0.2) is 0 Å². The van der Waals surface area contributed by atoms with Gasteiger partial charge in [0.1, 0.15) is 0 Å². The van der Waals surface area contributed by atoms with Crippen LogP contribution in [0.25, 0.3) is 11.1 Å². The van der Waals surface area contributed by atoms with Crippen LogP contribution in [0.3, 0.4) is 0 Å². The number of rotatable bonds is 7. The standard InChI is InChI=1S/C23H28N2O2S/c1-25(21-10-6-3-7-11-21)23(27)17-28-16-22(26)24-20-14-12-19(13-15-20)18-8-4-2-5-9-18/h2,4-5,8-9,12-15,21H,3,6-7,10-11,16-17H2,1H3,(H,24,26). The van der Waals surface area contributed by atoms with Crippen LogP contribution in [-0.4, -0.2) is 41.3 Å². The highest BCUT2D eigenvalue weighted by molar-refractivity contribution is 8.00. The van der Waals surface area contributed by atoms with Crippen LogP contribution in [0.4, 0.5) is 5.69 Å². The summed E-state index contributed by atoms with van der Waals surface area (Å²) in [5.41, 5.74) is 3.04. The summed E-state index contributed by atoms with van der Waals surface area (Å²) in [6.07, 6.45) is 5.90. The Morgan fingerprint density at radius 3 is 2.25 bits per heavy atom. The fourth-order valence-electron chi connectivity index (χ4n) is 3.58. The van der Waals surface area contributed by atoms with Crippen LogP contribution < -0.4 is 5.32 Å². The summed E-state index contributed by atoms with van der Waals surface area (Å²) < 4.78 is 0. The van der Waals surface area contributed by atoms with Crippen LogP contribution in [0, 0.1) is 0 Å². The summed E-state index contributed by atoms with van der Waals surface area (Å²) in [4.78, 5) is 26.4. The van der Waals surface area contributed by atoms with E-state index in [1.165, 1.54) is 31.0 Å². The van der Waals surface area contributed by atoms with Crippen molar-refractivity contribution in [3.05, 3.63) is 54.6 Å². The van der Waals surface area contributed by atoms with Crippen LogP contribution >= 0.6 is 11.8 Å². The Labute approximate surface area is 171 Å². The maximum absolute atomic E-state index is 12.3. The van der Waals surface area contributed by atoms with Gasteiger partial charge in [0.25, 0.3) is 0 Å². The number of benzene rings is 2. The van der Waals surface area contributed by atoms with E-state index < -0.39 is 0 Å². The summed E-state index contributed by atoms with van der Waals surface area (Å²) in [5.74, 6) is 0.681. The van der Waals surface area contributed by atoms with E-state index in [0.29, 0.717) is 11.8 Å². The van der Waals surface area contributed by atoms with E-state index in [2.05, 4.69) is 17.4 Å². The van der Waals surface area contributed by atoms with E-state index in [4.69, 9.17) is 0 Å². The average Bonchev–Trinajstić information content (AvgIpc) is 2.75. The maximum Gasteiger partial charge on any atom is 0.234 e. The minimum Gasteiger partial charge on any atom is -0.342 e. The van der Waals surface area contributed by atoms with E-state index in [-0.39, 0.29) is 17.6 Å². The number of hydrogen-bond donors (Lipinski definition) is 1. The number of amides is 2. The molecule has 3 rings (SSSR count). The zero-order valence-corrected chi connectivity index (χ0v) is 17.2. The summed E-state index contributed by atoms with van der Waals surface area (Å²) in [6, 6.07) is 18.3. The lowest BCUT2D eigenvalue weighted by molar-refractivity contribution is -0.129. The van der Waals surface area contributed by atoms with Gasteiger partial charge in [0.2, 0.25) is 11.8 Å². The van der Waals surface area contributed by atoms with Crippen molar-refractivity contribution in [3.8, 4) is 11.1 Å². The molecule has 0 aliphatic heterocycles. The van der Waals surface area contributed by atoms with Gasteiger partial charge in [-0.2, -0.15) is 0 Å². The summed E-state index contributed by atoms with van der Waals surface area (Å²) >= 11 is 1.38. The smallest absolute Gasteiger partial charge is 0.234 e. The first-order chi connectivity index (χ1) is 13.6. The van der Waals surface area contributed by atoms with Gasteiger partial charge >= 0.3 is 0 Å². The Hall–Kier alpha value is -2.27. The lowest BCUT2D eigenvalue weighted by atomic mass is 9.94. The fraction of sp³-hybridized carbons (Fsp3) is 0.391. The second-order valence-corrected chi connectivity index (χ2v) is 8.27. The van der Waals surface area contributed by atoms with Gasteiger partial charge in [-0.3, -0.25) is 9.59 Å². The second kappa shape index (κ2) is 10.3. The molecule has 0 heterocycles. The molecule has 0 spiro atoms. The first-order valence-electron chi connectivity index (χ1n) is 9.92. The molecular formula is C23H28N2O2S. The molecule has 2 aromatic rings. The topological polar surface area (TPSA) is 49.4 Å². The molecule has 0 saturated heterocycles. The van der Waals surface area contributed by atoms with Crippen LogP contribution in [0.15, 0.2) is 54.6 Å². The second-order valence-electron chi connectivity index (χ2n) is 7.28. The zero-order chi connectivity index (χ0) is 19.8. The molecule has 1 aliphatic carbocycles. The third kappa shape index (κ3) is 5.86. The molecule has 0 radical (unpaired) electrons. The molecule has 0 atom stereocenters. The molecule has 2 aromatic carbocycles. The Morgan fingerprint density at radius 2 is 1.57 bits per heavy atom. The van der Waals surface area contributed by atoms with Crippen LogP contribution in [-0.2, 0) is 9.59 Å². The van der Waals surface area contributed by atoms with E-state index >= 15 is 0 Å². The molecule has 1 aliphatic rings. The van der Waals surface area contributed by atoms with E-state index in [1.54, 1.807) is 0 Å². The Morgan fingerprint density at radius 1 is 0.929 bits per heavy atom. The molecule has 0 unspecified atom stereocenters. The van der Waals surface area contributed by atoms with Gasteiger partial charge in [0.05, 0.1) is 11.5 Å². The highest BCUT2D eigenvalue weighted by Gasteiger charge is 2.21. The molecule has 1 fully saturated rings. The lowest BCUT2D eigenvalue weighted by Crippen LogP contribution is -2.39. The minimum atomic E-state index is -0.0782. The third-order valence-electron chi connectivity index (χ3n) is 5.25. The zero-order valence-electron chi connectivity index (χ0n) is 16.4. The quantitative estimate of drug-likeness (QED) is 0.730. The number of hydrogen-bond acceptors (Lipinski definition) is 3. The van der Waals surface area contributed by atoms with Gasteiger partial charge < -0.3 is 10.2 Å². The maximum atomic E-state index is 12.3. The average molecular weight is 397 g/mol. The highest BCUT2D eigenvalue weighted by atomic mass is 32.2. The largest absolute Gasteiger partial charge is 0.342 e. The fourth-order valence-corrected chi connectivity index (χ4v) is 4.32. The lowest BCUT2D eigenvalue weighted by Gasteiger charge is -2.31. The van der Waals surface area contributed by atoms with Gasteiger partial charge in [0, 0.05) is 18.8 Å². The Balaban J connectivity index is 1.41. The van der Waals surface area contributed by atoms with Crippen molar-refractivity contribution in [2.75, 3.05) is 23.9 Å². The normalized spacial score (nSPS) is 14.5. The molecule has 148 valence electrons. The monoisotopic (exact) mass is 396 g/mol. The van der Waals surface area contributed by atoms with Crippen molar-refractivity contribution in [2.45, 2.75) is 38.1 Å². The van der Waals surface area contributed by atoms with E-state index in [9.17, 15) is 9.59 Å². The first kappa shape index (κ1) is 20.5. The number of carbonyl (C=O) groups excluding carboxylic acids is 2. The molecule has 5 heteroatoms. The first-order valence-corrected chi connectivity index (χ1v) is 11.1. The summed E-state index contributed by atoms with van der Waals surface area (Å²) in [5, 5.41) is 2.90. The molecule has 2 amide bonds. The molecule has 1 saturated carbocycles. The third-order valence-corrected chi connectivity index (χ3v) is 6.17. The Kier molecular flexibility index (Phi) is 7.54. The van der Waals surface area contributed by atoms with Crippen molar-refractivity contribution in [1.29, 1.82) is 0 Å². The highest BCUT2D eigenvalue weighted by Crippen LogP contribution is 2.23. The van der Waals surface area contributed by atoms with E-state index in [0.717, 1.165) is 29.7 Å². The summed E-state index contributed by atoms with van der Waals surface area (Å²) in [6.45, 7) is 0. The molecule has 28 heavy (non-hydrogen) atoms. The molecular weight excluding hydrogens is 368 g/mol. The molecule has 0 bridgehead atoms. The molecule has 4 nitrogen and oxygen atoms in total. The predicted octanol–water partition coefficient (Wildman–Crippen LogP) is 4.82. The van der Waals surface area contributed by atoms with Crippen LogP contribution in [0.1, 0.15) is 32.1 Å². The van der Waals surface area contributed by atoms with Crippen LogP contribution in [0.2, 0.25) is 0 Å². The number of anilines is 1. The predicted molar refractivity (Wildman–Crippen MR) is 117 cm³/mol.